The zero-order valence-corrected chi connectivity index (χ0v) is 14.3. The van der Waals surface area contributed by atoms with Gasteiger partial charge in [0.25, 0.3) is 0 Å². The Kier molecular flexibility index (Phi) is 3.39. The molecular formula is C20H18N2O3. The summed E-state index contributed by atoms with van der Waals surface area (Å²) in [7, 11) is 0. The van der Waals surface area contributed by atoms with Gasteiger partial charge in [0.2, 0.25) is 17.5 Å². The fourth-order valence-electron chi connectivity index (χ4n) is 3.18. The van der Waals surface area contributed by atoms with Gasteiger partial charge in [-0.3, -0.25) is 4.79 Å². The summed E-state index contributed by atoms with van der Waals surface area (Å²) < 4.78 is 11.5. The quantitative estimate of drug-likeness (QED) is 0.707. The van der Waals surface area contributed by atoms with Crippen LogP contribution in [0, 0.1) is 6.92 Å². The van der Waals surface area contributed by atoms with Crippen molar-refractivity contribution >= 4 is 22.6 Å². The maximum Gasteiger partial charge on any atom is 0.244 e. The van der Waals surface area contributed by atoms with E-state index in [1.807, 2.05) is 50.2 Å². The zero-order valence-electron chi connectivity index (χ0n) is 14.3. The monoisotopic (exact) mass is 334 g/mol. The number of aryl methyl sites for hydroxylation is 1. The van der Waals surface area contributed by atoms with Crippen molar-refractivity contribution in [3.63, 3.8) is 0 Å². The van der Waals surface area contributed by atoms with E-state index in [9.17, 15) is 4.79 Å². The van der Waals surface area contributed by atoms with Crippen molar-refractivity contribution in [1.29, 1.82) is 0 Å². The molecule has 0 bridgehead atoms. The summed E-state index contributed by atoms with van der Waals surface area (Å²) in [5, 5.41) is 8.02. The third-order valence-electron chi connectivity index (χ3n) is 4.56. The maximum absolute atomic E-state index is 12.2. The fraction of sp³-hybridized carbons (Fsp3) is 0.200. The molecule has 5 nitrogen and oxygen atoms in total. The summed E-state index contributed by atoms with van der Waals surface area (Å²) in [5.74, 6) is 0.897. The first-order chi connectivity index (χ1) is 12.0. The van der Waals surface area contributed by atoms with Crippen molar-refractivity contribution < 1.29 is 13.9 Å². The molecular weight excluding hydrogens is 316 g/mol. The number of hydrogen-bond acceptors (Lipinski definition) is 4. The van der Waals surface area contributed by atoms with Crippen molar-refractivity contribution in [3.8, 4) is 0 Å². The number of amides is 1. The van der Waals surface area contributed by atoms with E-state index in [0.29, 0.717) is 11.7 Å². The highest BCUT2D eigenvalue weighted by atomic mass is 16.6. The molecule has 2 heterocycles. The van der Waals surface area contributed by atoms with Crippen molar-refractivity contribution in [3.05, 3.63) is 71.7 Å². The van der Waals surface area contributed by atoms with Gasteiger partial charge in [-0.15, -0.1) is 5.10 Å². The number of benzene rings is 2. The lowest BCUT2D eigenvalue weighted by Gasteiger charge is -2.31. The van der Waals surface area contributed by atoms with E-state index >= 15 is 0 Å². The summed E-state index contributed by atoms with van der Waals surface area (Å²) in [6.07, 6.45) is 1.58. The molecule has 0 saturated carbocycles. The average Bonchev–Trinajstić information content (AvgIpc) is 3.18. The van der Waals surface area contributed by atoms with Crippen LogP contribution in [0.2, 0.25) is 0 Å². The highest BCUT2D eigenvalue weighted by Crippen LogP contribution is 2.38. The van der Waals surface area contributed by atoms with Crippen LogP contribution in [0.4, 0.5) is 0 Å². The van der Waals surface area contributed by atoms with E-state index in [2.05, 4.69) is 11.2 Å². The summed E-state index contributed by atoms with van der Waals surface area (Å²) in [6, 6.07) is 15.9. The van der Waals surface area contributed by atoms with Crippen molar-refractivity contribution in [1.82, 2.24) is 5.01 Å². The number of hydrogen-bond donors (Lipinski definition) is 0. The van der Waals surface area contributed by atoms with E-state index in [1.165, 1.54) is 11.9 Å². The van der Waals surface area contributed by atoms with E-state index in [4.69, 9.17) is 9.15 Å². The molecule has 1 aliphatic heterocycles. The Bertz CT molecular complexity index is 1000. The first-order valence-electron chi connectivity index (χ1n) is 8.11. The fourth-order valence-corrected chi connectivity index (χ4v) is 3.18. The number of ether oxygens (including phenoxy) is 1. The summed E-state index contributed by atoms with van der Waals surface area (Å²) in [5.41, 5.74) is 0.603. The van der Waals surface area contributed by atoms with Gasteiger partial charge >= 0.3 is 0 Å². The predicted octanol–water partition coefficient (Wildman–Crippen LogP) is 4.15. The Morgan fingerprint density at radius 2 is 1.88 bits per heavy atom. The van der Waals surface area contributed by atoms with Crippen molar-refractivity contribution in [2.45, 2.75) is 26.5 Å². The molecule has 4 rings (SSSR count). The Balaban J connectivity index is 1.81. The summed E-state index contributed by atoms with van der Waals surface area (Å²) in [6.45, 7) is 5.17. The molecule has 1 aromatic heterocycles. The van der Waals surface area contributed by atoms with Crippen LogP contribution >= 0.6 is 0 Å². The van der Waals surface area contributed by atoms with Crippen LogP contribution in [-0.4, -0.2) is 16.8 Å². The summed E-state index contributed by atoms with van der Waals surface area (Å²) >= 11 is 0. The molecule has 0 radical (unpaired) electrons. The van der Waals surface area contributed by atoms with E-state index in [1.54, 1.807) is 12.3 Å². The van der Waals surface area contributed by atoms with Gasteiger partial charge in [0.1, 0.15) is 5.76 Å². The van der Waals surface area contributed by atoms with Crippen molar-refractivity contribution in [2.75, 3.05) is 0 Å². The number of hydrazone groups is 1. The number of rotatable bonds is 2. The highest BCUT2D eigenvalue weighted by Gasteiger charge is 2.45. The smallest absolute Gasteiger partial charge is 0.244 e. The molecule has 25 heavy (non-hydrogen) atoms. The third-order valence-corrected chi connectivity index (χ3v) is 4.56. The van der Waals surface area contributed by atoms with Gasteiger partial charge in [-0.05, 0) is 29.8 Å². The van der Waals surface area contributed by atoms with Gasteiger partial charge in [-0.1, -0.05) is 36.4 Å². The molecule has 0 spiro atoms. The van der Waals surface area contributed by atoms with E-state index in [0.717, 1.165) is 21.9 Å². The molecule has 3 aromatic rings. The standard InChI is InChI=1S/C20H18N2O3/c1-13-18(10-11-24-13)19-21-22(14(2)23)20(3,25-19)17-9-8-15-6-4-5-7-16(15)12-17/h4-12H,1-3H3/t20-/m0/s1. The minimum atomic E-state index is -1.01. The Morgan fingerprint density at radius 3 is 2.56 bits per heavy atom. The molecule has 0 N–H and O–H groups in total. The van der Waals surface area contributed by atoms with Crippen LogP contribution in [-0.2, 0) is 15.3 Å². The van der Waals surface area contributed by atoms with Crippen LogP contribution in [0.25, 0.3) is 10.8 Å². The van der Waals surface area contributed by atoms with Gasteiger partial charge in [-0.2, -0.15) is 5.01 Å². The van der Waals surface area contributed by atoms with E-state index < -0.39 is 5.72 Å². The van der Waals surface area contributed by atoms with Crippen LogP contribution < -0.4 is 0 Å². The first-order valence-corrected chi connectivity index (χ1v) is 8.11. The zero-order chi connectivity index (χ0) is 17.6. The predicted molar refractivity (Wildman–Crippen MR) is 94.9 cm³/mol. The van der Waals surface area contributed by atoms with E-state index in [-0.39, 0.29) is 5.91 Å². The lowest BCUT2D eigenvalue weighted by molar-refractivity contribution is -0.146. The lowest BCUT2D eigenvalue weighted by atomic mass is 9.99. The third kappa shape index (κ3) is 2.39. The van der Waals surface area contributed by atoms with Gasteiger partial charge < -0.3 is 9.15 Å². The summed E-state index contributed by atoms with van der Waals surface area (Å²) in [4.78, 5) is 12.2. The Morgan fingerprint density at radius 1 is 1.12 bits per heavy atom. The Labute approximate surface area is 145 Å². The lowest BCUT2D eigenvalue weighted by Crippen LogP contribution is -2.41. The Hall–Kier alpha value is -3.08. The number of nitrogens with zero attached hydrogens (tertiary/aromatic N) is 2. The molecule has 5 heteroatoms. The molecule has 2 aromatic carbocycles. The topological polar surface area (TPSA) is 55.0 Å². The molecule has 126 valence electrons. The number of fused-ring (bicyclic) bond motifs is 1. The van der Waals surface area contributed by atoms with Crippen molar-refractivity contribution in [2.24, 2.45) is 5.10 Å². The maximum atomic E-state index is 12.2. The number of carbonyl (C=O) groups excluding carboxylic acids is 1. The molecule has 1 aliphatic rings. The normalized spacial score (nSPS) is 19.8. The second-order valence-electron chi connectivity index (χ2n) is 6.27. The van der Waals surface area contributed by atoms with Gasteiger partial charge in [-0.25, -0.2) is 0 Å². The second-order valence-corrected chi connectivity index (χ2v) is 6.27. The van der Waals surface area contributed by atoms with Gasteiger partial charge in [0.05, 0.1) is 11.8 Å². The largest absolute Gasteiger partial charge is 0.469 e. The number of carbonyl (C=O) groups is 1. The second kappa shape index (κ2) is 5.48. The SMILES string of the molecule is CC(=O)N1N=C(c2ccoc2C)O[C@@]1(C)c1ccc2ccccc2c1. The average molecular weight is 334 g/mol. The molecule has 0 unspecified atom stereocenters. The highest BCUT2D eigenvalue weighted by molar-refractivity contribution is 5.97. The number of furan rings is 1. The van der Waals surface area contributed by atoms with Crippen LogP contribution in [0.3, 0.4) is 0 Å². The minimum absolute atomic E-state index is 0.188. The van der Waals surface area contributed by atoms with Crippen LogP contribution in [0.5, 0.6) is 0 Å². The molecule has 0 aliphatic carbocycles. The molecule has 0 saturated heterocycles. The van der Waals surface area contributed by atoms with Gasteiger partial charge in [0.15, 0.2) is 0 Å². The molecule has 1 atom stereocenters. The minimum Gasteiger partial charge on any atom is -0.469 e. The van der Waals surface area contributed by atoms with Gasteiger partial charge in [0, 0.05) is 19.4 Å². The molecule has 0 fully saturated rings. The van der Waals surface area contributed by atoms with Crippen LogP contribution in [0.15, 0.2) is 64.3 Å². The first kappa shape index (κ1) is 15.4. The van der Waals surface area contributed by atoms with Crippen LogP contribution in [0.1, 0.15) is 30.7 Å². The molecule has 1 amide bonds.